The fourth-order valence-corrected chi connectivity index (χ4v) is 6.44. The first kappa shape index (κ1) is 29.3. The highest BCUT2D eigenvalue weighted by molar-refractivity contribution is 6.07. The van der Waals surface area contributed by atoms with E-state index < -0.39 is 0 Å². The Labute approximate surface area is 289 Å². The van der Waals surface area contributed by atoms with E-state index in [1.165, 1.54) is 11.1 Å². The van der Waals surface area contributed by atoms with Crippen LogP contribution >= 0.6 is 0 Å². The van der Waals surface area contributed by atoms with Gasteiger partial charge in [-0.25, -0.2) is 15.0 Å². The summed E-state index contributed by atoms with van der Waals surface area (Å²) in [6.07, 6.45) is 0. The lowest BCUT2D eigenvalue weighted by molar-refractivity contribution is 0.669. The zero-order valence-electron chi connectivity index (χ0n) is 27.0. The molecular weight excluding hydrogens is 613 g/mol. The molecular formula is C45H30N4O. The summed E-state index contributed by atoms with van der Waals surface area (Å²) < 4.78 is 6.37. The average Bonchev–Trinajstić information content (AvgIpc) is 3.57. The number of rotatable bonds is 7. The first-order valence-corrected chi connectivity index (χ1v) is 16.6. The van der Waals surface area contributed by atoms with Crippen molar-refractivity contribution in [2.45, 2.75) is 0 Å². The first-order valence-electron chi connectivity index (χ1n) is 16.6. The Morgan fingerprint density at radius 1 is 0.320 bits per heavy atom. The molecule has 2 aromatic heterocycles. The average molecular weight is 643 g/mol. The highest BCUT2D eigenvalue weighted by Gasteiger charge is 2.18. The van der Waals surface area contributed by atoms with Gasteiger partial charge in [0.05, 0.1) is 0 Å². The Bertz CT molecular complexity index is 2510. The molecule has 236 valence electrons. The minimum atomic E-state index is 0.606. The Morgan fingerprint density at radius 2 is 0.720 bits per heavy atom. The lowest BCUT2D eigenvalue weighted by Gasteiger charge is -2.25. The van der Waals surface area contributed by atoms with Crippen molar-refractivity contribution in [3.63, 3.8) is 0 Å². The van der Waals surface area contributed by atoms with Crippen molar-refractivity contribution < 1.29 is 4.42 Å². The lowest BCUT2D eigenvalue weighted by atomic mass is 10.0. The third-order valence-electron chi connectivity index (χ3n) is 8.92. The third-order valence-corrected chi connectivity index (χ3v) is 8.92. The van der Waals surface area contributed by atoms with E-state index in [2.05, 4.69) is 102 Å². The number of anilines is 3. The summed E-state index contributed by atoms with van der Waals surface area (Å²) >= 11 is 0. The van der Waals surface area contributed by atoms with Gasteiger partial charge in [-0.05, 0) is 71.8 Å². The van der Waals surface area contributed by atoms with Crippen molar-refractivity contribution in [3.8, 4) is 45.3 Å². The van der Waals surface area contributed by atoms with Crippen molar-refractivity contribution >= 4 is 39.0 Å². The van der Waals surface area contributed by atoms with Gasteiger partial charge in [-0.15, -0.1) is 0 Å². The number of benzene rings is 7. The number of aromatic nitrogens is 3. The number of hydrogen-bond acceptors (Lipinski definition) is 5. The number of para-hydroxylation sites is 1. The van der Waals surface area contributed by atoms with E-state index in [0.717, 1.165) is 55.7 Å². The number of hydrogen-bond donors (Lipinski definition) is 0. The monoisotopic (exact) mass is 642 g/mol. The number of furan rings is 1. The van der Waals surface area contributed by atoms with Gasteiger partial charge in [0, 0.05) is 44.5 Å². The van der Waals surface area contributed by atoms with Crippen LogP contribution < -0.4 is 4.90 Å². The van der Waals surface area contributed by atoms with Crippen LogP contribution in [0.25, 0.3) is 67.2 Å². The molecule has 0 radical (unpaired) electrons. The summed E-state index contributed by atoms with van der Waals surface area (Å²) in [6.45, 7) is 0. The molecule has 0 amide bonds. The van der Waals surface area contributed by atoms with E-state index in [0.29, 0.717) is 17.5 Å². The molecule has 9 aromatic rings. The van der Waals surface area contributed by atoms with E-state index in [1.54, 1.807) is 0 Å². The highest BCUT2D eigenvalue weighted by atomic mass is 16.3. The van der Waals surface area contributed by atoms with Crippen molar-refractivity contribution in [2.24, 2.45) is 0 Å². The van der Waals surface area contributed by atoms with E-state index in [4.69, 9.17) is 19.4 Å². The molecule has 7 aromatic carbocycles. The van der Waals surface area contributed by atoms with E-state index in [-0.39, 0.29) is 0 Å². The van der Waals surface area contributed by atoms with Crippen LogP contribution in [0.2, 0.25) is 0 Å². The molecule has 0 spiro atoms. The summed E-state index contributed by atoms with van der Waals surface area (Å²) in [7, 11) is 0. The fourth-order valence-electron chi connectivity index (χ4n) is 6.44. The van der Waals surface area contributed by atoms with Crippen molar-refractivity contribution in [2.75, 3.05) is 4.90 Å². The maximum atomic E-state index is 6.37. The zero-order chi connectivity index (χ0) is 33.3. The third kappa shape index (κ3) is 5.57. The normalized spacial score (nSPS) is 11.2. The van der Waals surface area contributed by atoms with Crippen molar-refractivity contribution in [1.29, 1.82) is 0 Å². The predicted molar refractivity (Wildman–Crippen MR) is 204 cm³/mol. The molecule has 5 heteroatoms. The fraction of sp³-hybridized carbons (Fsp3) is 0. The van der Waals surface area contributed by atoms with E-state index >= 15 is 0 Å². The molecule has 5 nitrogen and oxygen atoms in total. The lowest BCUT2D eigenvalue weighted by Crippen LogP contribution is -2.09. The second kappa shape index (κ2) is 12.6. The van der Waals surface area contributed by atoms with Gasteiger partial charge in [-0.1, -0.05) is 121 Å². The van der Waals surface area contributed by atoms with E-state index in [9.17, 15) is 0 Å². The Hall–Kier alpha value is -6.85. The van der Waals surface area contributed by atoms with Gasteiger partial charge in [0.25, 0.3) is 0 Å². The maximum Gasteiger partial charge on any atom is 0.164 e. The summed E-state index contributed by atoms with van der Waals surface area (Å²) in [5.41, 5.74) is 9.92. The van der Waals surface area contributed by atoms with Crippen LogP contribution in [0.1, 0.15) is 0 Å². The molecule has 0 aliphatic rings. The van der Waals surface area contributed by atoms with Gasteiger partial charge in [0.2, 0.25) is 0 Å². The van der Waals surface area contributed by atoms with Crippen molar-refractivity contribution in [3.05, 3.63) is 182 Å². The minimum Gasteiger partial charge on any atom is -0.456 e. The van der Waals surface area contributed by atoms with Crippen LogP contribution in [0.4, 0.5) is 17.1 Å². The topological polar surface area (TPSA) is 55.1 Å². The molecule has 0 saturated heterocycles. The first-order chi connectivity index (χ1) is 24.8. The van der Waals surface area contributed by atoms with Gasteiger partial charge in [0.15, 0.2) is 17.5 Å². The molecule has 0 aliphatic carbocycles. The quantitative estimate of drug-likeness (QED) is 0.173. The zero-order valence-corrected chi connectivity index (χ0v) is 27.0. The number of nitrogens with zero attached hydrogens (tertiary/aromatic N) is 4. The molecule has 0 atom stereocenters. The molecule has 0 N–H and O–H groups in total. The highest BCUT2D eigenvalue weighted by Crippen LogP contribution is 2.40. The second-order valence-electron chi connectivity index (χ2n) is 12.1. The molecule has 9 rings (SSSR count). The summed E-state index contributed by atoms with van der Waals surface area (Å²) in [5.74, 6) is 1.87. The molecule has 0 unspecified atom stereocenters. The summed E-state index contributed by atoms with van der Waals surface area (Å²) in [5, 5.41) is 2.01. The molecule has 50 heavy (non-hydrogen) atoms. The van der Waals surface area contributed by atoms with Crippen LogP contribution in [0.3, 0.4) is 0 Å². The van der Waals surface area contributed by atoms with Gasteiger partial charge in [-0.2, -0.15) is 0 Å². The van der Waals surface area contributed by atoms with Gasteiger partial charge >= 0.3 is 0 Å². The van der Waals surface area contributed by atoms with Gasteiger partial charge in [-0.3, -0.25) is 0 Å². The summed E-state index contributed by atoms with van der Waals surface area (Å²) in [4.78, 5) is 17.1. The van der Waals surface area contributed by atoms with Crippen LogP contribution in [0, 0.1) is 0 Å². The van der Waals surface area contributed by atoms with Crippen LogP contribution in [0.15, 0.2) is 186 Å². The maximum absolute atomic E-state index is 6.37. The number of fused-ring (bicyclic) bond motifs is 3. The van der Waals surface area contributed by atoms with Gasteiger partial charge < -0.3 is 9.32 Å². The van der Waals surface area contributed by atoms with Crippen LogP contribution in [0.5, 0.6) is 0 Å². The molecule has 0 saturated carbocycles. The molecule has 0 bridgehead atoms. The second-order valence-corrected chi connectivity index (χ2v) is 12.1. The van der Waals surface area contributed by atoms with E-state index in [1.807, 2.05) is 84.9 Å². The smallest absolute Gasteiger partial charge is 0.164 e. The van der Waals surface area contributed by atoms with Gasteiger partial charge in [0.1, 0.15) is 11.2 Å². The predicted octanol–water partition coefficient (Wildman–Crippen LogP) is 11.9. The Balaban J connectivity index is 1.17. The summed E-state index contributed by atoms with van der Waals surface area (Å²) in [6, 6.07) is 62.3. The standard InChI is InChI=1S/C45H30N4O/c1-5-13-31(14-6-1)32-21-24-37(25-22-32)49(36-19-11-4-12-20-36)38-26-28-42-40(30-38)39-29-35(23-27-41(39)50-42)45-47-43(33-15-7-2-8-16-33)46-44(48-45)34-17-9-3-10-18-34/h1-30H. The van der Waals surface area contributed by atoms with Crippen LogP contribution in [-0.4, -0.2) is 15.0 Å². The largest absolute Gasteiger partial charge is 0.456 e. The molecule has 2 heterocycles. The van der Waals surface area contributed by atoms with Crippen LogP contribution in [-0.2, 0) is 0 Å². The molecule has 0 aliphatic heterocycles. The SMILES string of the molecule is c1ccc(-c2ccc(N(c3ccccc3)c3ccc4oc5ccc(-c6nc(-c7ccccc7)nc(-c7ccccc7)n6)cc5c4c3)cc2)cc1. The Kier molecular flexibility index (Phi) is 7.41. The van der Waals surface area contributed by atoms with Crippen molar-refractivity contribution in [1.82, 2.24) is 15.0 Å². The molecule has 0 fully saturated rings. The minimum absolute atomic E-state index is 0.606. The Morgan fingerprint density at radius 3 is 1.30 bits per heavy atom.